The first kappa shape index (κ1) is 16.2. The number of anilines is 2. The highest BCUT2D eigenvalue weighted by Gasteiger charge is 2.26. The highest BCUT2D eigenvalue weighted by atomic mass is 15.1. The Morgan fingerprint density at radius 3 is 2.65 bits per heavy atom. The third kappa shape index (κ3) is 3.01. The molecule has 26 heavy (non-hydrogen) atoms. The Morgan fingerprint density at radius 1 is 1.08 bits per heavy atom. The van der Waals surface area contributed by atoms with Crippen LogP contribution in [0, 0.1) is 0 Å². The van der Waals surface area contributed by atoms with Crippen LogP contribution in [0.2, 0.25) is 0 Å². The van der Waals surface area contributed by atoms with E-state index in [-0.39, 0.29) is 11.5 Å². The summed E-state index contributed by atoms with van der Waals surface area (Å²) in [6.07, 6.45) is 15.5. The minimum absolute atomic E-state index is 0.129. The summed E-state index contributed by atoms with van der Waals surface area (Å²) >= 11 is 0. The lowest BCUT2D eigenvalue weighted by Crippen LogP contribution is -2.36. The molecule has 0 spiro atoms. The number of nitrogens with one attached hydrogen (secondary N) is 1. The fraction of sp³-hybridized carbons (Fsp3) is 0.200. The number of rotatable bonds is 4. The molecule has 0 amide bonds. The molecule has 3 aromatic rings. The maximum absolute atomic E-state index is 5.59. The number of hydrogen-bond donors (Lipinski definition) is 2. The lowest BCUT2D eigenvalue weighted by Gasteiger charge is -2.32. The van der Waals surface area contributed by atoms with Crippen LogP contribution in [0.4, 0.5) is 11.8 Å². The molecule has 6 heteroatoms. The van der Waals surface area contributed by atoms with E-state index in [4.69, 9.17) is 5.73 Å². The van der Waals surface area contributed by atoms with Gasteiger partial charge in [0.2, 0.25) is 5.95 Å². The molecule has 1 unspecified atom stereocenters. The van der Waals surface area contributed by atoms with Crippen LogP contribution >= 0.6 is 0 Å². The summed E-state index contributed by atoms with van der Waals surface area (Å²) in [6.45, 7) is 2.18. The van der Waals surface area contributed by atoms with Crippen LogP contribution in [0.15, 0.2) is 61.2 Å². The zero-order valence-corrected chi connectivity index (χ0v) is 14.6. The predicted octanol–water partition coefficient (Wildman–Crippen LogP) is 3.75. The maximum Gasteiger partial charge on any atom is 0.219 e. The van der Waals surface area contributed by atoms with Gasteiger partial charge in [0.05, 0.1) is 11.1 Å². The van der Waals surface area contributed by atoms with Crippen LogP contribution in [0.3, 0.4) is 0 Å². The van der Waals surface area contributed by atoms with E-state index >= 15 is 0 Å². The number of nitrogens with zero attached hydrogens (tertiary/aromatic N) is 4. The summed E-state index contributed by atoms with van der Waals surface area (Å²) in [6, 6.07) is 6.06. The quantitative estimate of drug-likeness (QED) is 0.749. The van der Waals surface area contributed by atoms with Crippen LogP contribution < -0.4 is 11.1 Å². The van der Waals surface area contributed by atoms with E-state index in [0.29, 0.717) is 0 Å². The Balaban J connectivity index is 1.77. The van der Waals surface area contributed by atoms with Crippen molar-refractivity contribution in [3.05, 3.63) is 61.2 Å². The minimum Gasteiger partial charge on any atom is -0.368 e. The maximum atomic E-state index is 5.59. The Morgan fingerprint density at radius 2 is 1.92 bits per heavy atom. The van der Waals surface area contributed by atoms with Crippen molar-refractivity contribution in [2.24, 2.45) is 0 Å². The number of aromatic nitrogens is 4. The summed E-state index contributed by atoms with van der Waals surface area (Å²) in [5.41, 5.74) is 8.26. The summed E-state index contributed by atoms with van der Waals surface area (Å²) in [7, 11) is 0. The molecule has 0 aliphatic heterocycles. The SMILES string of the molecule is CCC1(Nc2ncnc3ccc(-c4cnc(N)nc4)cc23)C=CC=CC1. The smallest absolute Gasteiger partial charge is 0.219 e. The molecule has 2 heterocycles. The molecule has 0 radical (unpaired) electrons. The fourth-order valence-corrected chi connectivity index (χ4v) is 3.17. The average Bonchev–Trinajstić information content (AvgIpc) is 2.69. The van der Waals surface area contributed by atoms with Crippen molar-refractivity contribution in [2.75, 3.05) is 11.1 Å². The van der Waals surface area contributed by atoms with Crippen molar-refractivity contribution >= 4 is 22.7 Å². The van der Waals surface area contributed by atoms with Crippen LogP contribution in [-0.2, 0) is 0 Å². The van der Waals surface area contributed by atoms with Gasteiger partial charge in [0.15, 0.2) is 0 Å². The fourth-order valence-electron chi connectivity index (χ4n) is 3.17. The Bertz CT molecular complexity index is 993. The first-order chi connectivity index (χ1) is 12.7. The number of hydrogen-bond acceptors (Lipinski definition) is 6. The van der Waals surface area contributed by atoms with E-state index in [9.17, 15) is 0 Å². The molecule has 0 fully saturated rings. The molecule has 3 N–H and O–H groups in total. The molecule has 1 atom stereocenters. The third-order valence-corrected chi connectivity index (χ3v) is 4.78. The highest BCUT2D eigenvalue weighted by Crippen LogP contribution is 2.31. The van der Waals surface area contributed by atoms with Crippen molar-refractivity contribution in [3.8, 4) is 11.1 Å². The Labute approximate surface area is 151 Å². The molecule has 4 rings (SSSR count). The van der Waals surface area contributed by atoms with Crippen LogP contribution in [0.25, 0.3) is 22.0 Å². The van der Waals surface area contributed by atoms with Crippen LogP contribution in [0.5, 0.6) is 0 Å². The largest absolute Gasteiger partial charge is 0.368 e. The van der Waals surface area contributed by atoms with Gasteiger partial charge < -0.3 is 11.1 Å². The van der Waals surface area contributed by atoms with E-state index in [1.54, 1.807) is 18.7 Å². The highest BCUT2D eigenvalue weighted by molar-refractivity contribution is 5.92. The molecule has 2 aromatic heterocycles. The second kappa shape index (κ2) is 6.55. The first-order valence-corrected chi connectivity index (χ1v) is 8.64. The zero-order valence-electron chi connectivity index (χ0n) is 14.6. The van der Waals surface area contributed by atoms with Crippen molar-refractivity contribution in [3.63, 3.8) is 0 Å². The van der Waals surface area contributed by atoms with E-state index in [1.165, 1.54) is 0 Å². The summed E-state index contributed by atoms with van der Waals surface area (Å²) < 4.78 is 0. The van der Waals surface area contributed by atoms with Crippen LogP contribution in [0.1, 0.15) is 19.8 Å². The van der Waals surface area contributed by atoms with Gasteiger partial charge in [0.1, 0.15) is 12.1 Å². The van der Waals surface area contributed by atoms with Crippen LogP contribution in [-0.4, -0.2) is 25.5 Å². The lowest BCUT2D eigenvalue weighted by atomic mass is 9.88. The van der Waals surface area contributed by atoms with Gasteiger partial charge in [0, 0.05) is 23.3 Å². The second-order valence-electron chi connectivity index (χ2n) is 6.41. The summed E-state index contributed by atoms with van der Waals surface area (Å²) in [5.74, 6) is 1.09. The van der Waals surface area contributed by atoms with Gasteiger partial charge in [-0.2, -0.15) is 0 Å². The van der Waals surface area contributed by atoms with Gasteiger partial charge in [-0.15, -0.1) is 0 Å². The normalized spacial score (nSPS) is 19.0. The van der Waals surface area contributed by atoms with E-state index in [1.807, 2.05) is 12.1 Å². The average molecular weight is 344 g/mol. The van der Waals surface area contributed by atoms with Gasteiger partial charge in [0.25, 0.3) is 0 Å². The molecule has 0 saturated carbocycles. The Kier molecular flexibility index (Phi) is 4.08. The summed E-state index contributed by atoms with van der Waals surface area (Å²) in [5, 5.41) is 4.60. The molecular weight excluding hydrogens is 324 g/mol. The monoisotopic (exact) mass is 344 g/mol. The number of allylic oxidation sites excluding steroid dienone is 2. The molecular formula is C20H20N6. The van der Waals surface area contributed by atoms with Crippen molar-refractivity contribution in [1.29, 1.82) is 0 Å². The van der Waals surface area contributed by atoms with Crippen molar-refractivity contribution in [2.45, 2.75) is 25.3 Å². The number of benzene rings is 1. The van der Waals surface area contributed by atoms with E-state index in [0.717, 1.165) is 40.7 Å². The second-order valence-corrected chi connectivity index (χ2v) is 6.41. The van der Waals surface area contributed by atoms with Gasteiger partial charge >= 0.3 is 0 Å². The molecule has 1 aliphatic carbocycles. The van der Waals surface area contributed by atoms with Crippen molar-refractivity contribution in [1.82, 2.24) is 19.9 Å². The topological polar surface area (TPSA) is 89.6 Å². The number of nitrogen functional groups attached to an aromatic ring is 1. The standard InChI is InChI=1S/C20H20N6/c1-2-20(8-4-3-5-9-20)26-18-16-10-14(6-7-17(16)24-13-25-18)15-11-22-19(21)23-12-15/h3-8,10-13H,2,9H2,1H3,(H2,21,22,23)(H,24,25,26). The minimum atomic E-state index is -0.129. The summed E-state index contributed by atoms with van der Waals surface area (Å²) in [4.78, 5) is 17.1. The molecule has 130 valence electrons. The van der Waals surface area contributed by atoms with E-state index < -0.39 is 0 Å². The Hall–Kier alpha value is -3.28. The lowest BCUT2D eigenvalue weighted by molar-refractivity contribution is 0.555. The van der Waals surface area contributed by atoms with Gasteiger partial charge in [-0.05, 0) is 30.5 Å². The molecule has 1 aliphatic rings. The molecule has 0 saturated heterocycles. The molecule has 6 nitrogen and oxygen atoms in total. The van der Waals surface area contributed by atoms with Gasteiger partial charge in [-0.1, -0.05) is 37.3 Å². The molecule has 0 bridgehead atoms. The van der Waals surface area contributed by atoms with Gasteiger partial charge in [-0.25, -0.2) is 19.9 Å². The number of nitrogens with two attached hydrogens (primary N) is 1. The molecule has 1 aromatic carbocycles. The predicted molar refractivity (Wildman–Crippen MR) is 105 cm³/mol. The third-order valence-electron chi connectivity index (χ3n) is 4.78. The first-order valence-electron chi connectivity index (χ1n) is 8.64. The zero-order chi connectivity index (χ0) is 18.0. The van der Waals surface area contributed by atoms with Crippen molar-refractivity contribution < 1.29 is 0 Å². The van der Waals surface area contributed by atoms with Gasteiger partial charge in [-0.3, -0.25) is 0 Å². The van der Waals surface area contributed by atoms with E-state index in [2.05, 4.69) is 62.5 Å². The number of fused-ring (bicyclic) bond motifs is 1.